The summed E-state index contributed by atoms with van der Waals surface area (Å²) in [4.78, 5) is 31.0. The third kappa shape index (κ3) is 14.4. The summed E-state index contributed by atoms with van der Waals surface area (Å²) in [6.07, 6.45) is 9.49. The van der Waals surface area contributed by atoms with Crippen molar-refractivity contribution in [3.8, 4) is 69.5 Å². The Morgan fingerprint density at radius 1 is 0.560 bits per heavy atom. The highest BCUT2D eigenvalue weighted by Crippen LogP contribution is 2.58. The number of aromatic carboxylic acids is 1. The topological polar surface area (TPSA) is 160 Å². The molecular formula is C66H54Cl6N4O8. The van der Waals surface area contributed by atoms with Crippen LogP contribution < -0.4 is 9.47 Å². The van der Waals surface area contributed by atoms with Crippen molar-refractivity contribution in [2.45, 2.75) is 109 Å². The zero-order valence-corrected chi connectivity index (χ0v) is 49.4. The van der Waals surface area contributed by atoms with Crippen molar-refractivity contribution in [3.63, 3.8) is 0 Å². The monoisotopic (exact) mass is 1240 g/mol. The van der Waals surface area contributed by atoms with E-state index in [9.17, 15) is 9.59 Å². The molecule has 0 aliphatic heterocycles. The van der Waals surface area contributed by atoms with Gasteiger partial charge in [-0.15, -0.1) is 0 Å². The molecule has 84 heavy (non-hydrogen) atoms. The average Bonchev–Trinajstić information content (AvgIpc) is 2.59. The van der Waals surface area contributed by atoms with Gasteiger partial charge in [-0.05, 0) is 183 Å². The van der Waals surface area contributed by atoms with Gasteiger partial charge in [0.1, 0.15) is 59.0 Å². The average molecular weight is 1240 g/mol. The Balaban J connectivity index is 0.000000177. The molecule has 4 unspecified atom stereocenters. The summed E-state index contributed by atoms with van der Waals surface area (Å²) >= 11 is 39.2. The number of esters is 1. The van der Waals surface area contributed by atoms with Crippen molar-refractivity contribution >= 4 is 81.5 Å². The van der Waals surface area contributed by atoms with Gasteiger partial charge in [-0.25, -0.2) is 19.6 Å². The van der Waals surface area contributed by atoms with Gasteiger partial charge in [0.15, 0.2) is 0 Å². The Hall–Kier alpha value is -7.44. The minimum atomic E-state index is -1.03. The van der Waals surface area contributed by atoms with E-state index in [4.69, 9.17) is 98.0 Å². The number of methoxy groups -OCH3 is 1. The van der Waals surface area contributed by atoms with Crippen molar-refractivity contribution < 1.29 is 38.0 Å². The highest BCUT2D eigenvalue weighted by atomic mass is 35.5. The molecule has 4 aromatic heterocycles. The Labute approximate surface area is 517 Å². The Morgan fingerprint density at radius 3 is 1.32 bits per heavy atom. The fourth-order valence-corrected chi connectivity index (χ4v) is 11.6. The van der Waals surface area contributed by atoms with Crippen LogP contribution in [0.1, 0.15) is 161 Å². The Morgan fingerprint density at radius 2 is 0.976 bits per heavy atom. The number of nitrogens with zero attached hydrogens (tertiary/aromatic N) is 4. The molecule has 0 spiro atoms. The summed E-state index contributed by atoms with van der Waals surface area (Å²) < 4.78 is 28.5. The second-order valence-corrected chi connectivity index (χ2v) is 22.5. The van der Waals surface area contributed by atoms with Crippen LogP contribution in [0.4, 0.5) is 0 Å². The SMILES string of the molecule is C.CC#CC#CC#CC.COC(=O)c1ccc(C2CC2c2ccc(OCc3c(-c4c(Cl)cccc4Cl)noc3C3CC3)cc2Cl)cn1.O=C(O)c1ccc(C2CC2c2ccc(OCc3c(-c4c(Cl)cccc4Cl)noc3C3CC3)cc2Cl)cn1. The van der Waals surface area contributed by atoms with Gasteiger partial charge in [0, 0.05) is 45.4 Å². The molecule has 428 valence electrons. The number of pyridine rings is 2. The summed E-state index contributed by atoms with van der Waals surface area (Å²) in [5.41, 5.74) is 8.71. The molecule has 18 heteroatoms. The van der Waals surface area contributed by atoms with Gasteiger partial charge in [-0.1, -0.05) is 136 Å². The zero-order valence-electron chi connectivity index (χ0n) is 44.9. The molecule has 12 rings (SSSR count). The normalized spacial score (nSPS) is 16.8. The van der Waals surface area contributed by atoms with Crippen molar-refractivity contribution in [2.75, 3.05) is 7.11 Å². The molecule has 4 atom stereocenters. The lowest BCUT2D eigenvalue weighted by Gasteiger charge is -2.11. The van der Waals surface area contributed by atoms with E-state index in [2.05, 4.69) is 55.8 Å². The quantitative estimate of drug-likeness (QED) is 0.0722. The molecule has 4 aliphatic carbocycles. The smallest absolute Gasteiger partial charge is 0.356 e. The van der Waals surface area contributed by atoms with Crippen LogP contribution in [0.25, 0.3) is 22.5 Å². The zero-order chi connectivity index (χ0) is 58.3. The van der Waals surface area contributed by atoms with Crippen LogP contribution in [-0.2, 0) is 18.0 Å². The molecular weight excluding hydrogens is 1190 g/mol. The standard InChI is InChI=1S/C29H23Cl3N2O4.C28H21Cl3N2O4.C8H6.CH4/c1-36-29(35)25-10-7-16(13-33-25)19-12-20(19)18-9-8-17(11-24(18)32)37-14-21-27(34-38-28(21)15-5-6-15)26-22(30)3-2-4-23(26)31;29-21-2-1-3-22(30)25(21)26-20(27(37-33-26)14-4-5-14)13-36-16-7-8-17(23(31)10-16)19-11-18(19)15-6-9-24(28(34)35)32-12-15;1-3-5-7-8-6-4-2;/h2-4,7-11,13,15,19-20H,5-6,12,14H2,1H3;1-3,6-10,12,14,18-19H,4-5,11,13H2,(H,34,35);1-2H3;1H4. The second-order valence-electron chi connectivity index (χ2n) is 20.1. The molecule has 4 heterocycles. The molecule has 1 N–H and O–H groups in total. The molecule has 4 fully saturated rings. The van der Waals surface area contributed by atoms with Crippen molar-refractivity contribution in [1.29, 1.82) is 0 Å². The number of carboxylic acids is 1. The predicted molar refractivity (Wildman–Crippen MR) is 328 cm³/mol. The summed E-state index contributed by atoms with van der Waals surface area (Å²) in [7, 11) is 1.34. The van der Waals surface area contributed by atoms with E-state index < -0.39 is 11.9 Å². The van der Waals surface area contributed by atoms with Crippen LogP contribution in [-0.4, -0.2) is 44.4 Å². The predicted octanol–water partition coefficient (Wildman–Crippen LogP) is 18.0. The first-order valence-corrected chi connectivity index (χ1v) is 28.8. The highest BCUT2D eigenvalue weighted by Gasteiger charge is 2.42. The third-order valence-electron chi connectivity index (χ3n) is 14.5. The number of carboxylic acid groups (broad SMARTS) is 1. The van der Waals surface area contributed by atoms with Crippen LogP contribution in [0.15, 0.2) is 119 Å². The molecule has 0 saturated heterocycles. The summed E-state index contributed by atoms with van der Waals surface area (Å²) in [6, 6.07) is 29.2. The van der Waals surface area contributed by atoms with E-state index in [0.29, 0.717) is 87.6 Å². The number of carbonyl (C=O) groups is 2. The number of aromatic nitrogens is 4. The lowest BCUT2D eigenvalue weighted by Crippen LogP contribution is -2.04. The van der Waals surface area contributed by atoms with Gasteiger partial charge in [0.25, 0.3) is 0 Å². The van der Waals surface area contributed by atoms with Crippen molar-refractivity contribution in [3.05, 3.63) is 196 Å². The number of halogens is 6. The van der Waals surface area contributed by atoms with E-state index in [-0.39, 0.29) is 44.1 Å². The molecule has 0 radical (unpaired) electrons. The van der Waals surface area contributed by atoms with Gasteiger partial charge in [-0.3, -0.25) is 0 Å². The lowest BCUT2D eigenvalue weighted by atomic mass is 10.0. The summed E-state index contributed by atoms with van der Waals surface area (Å²) in [5, 5.41) is 21.0. The molecule has 4 aliphatic rings. The third-order valence-corrected chi connectivity index (χ3v) is 16.4. The first kappa shape index (κ1) is 61.1. The van der Waals surface area contributed by atoms with E-state index in [1.165, 1.54) is 13.2 Å². The number of benzene rings is 4. The van der Waals surface area contributed by atoms with E-state index in [1.807, 2.05) is 48.5 Å². The maximum atomic E-state index is 11.6. The van der Waals surface area contributed by atoms with Crippen LogP contribution in [0.5, 0.6) is 11.5 Å². The van der Waals surface area contributed by atoms with E-state index >= 15 is 0 Å². The maximum Gasteiger partial charge on any atom is 0.356 e. The Kier molecular flexibility index (Phi) is 20.0. The van der Waals surface area contributed by atoms with Crippen molar-refractivity contribution in [1.82, 2.24) is 20.3 Å². The minimum Gasteiger partial charge on any atom is -0.489 e. The first-order valence-electron chi connectivity index (χ1n) is 26.5. The van der Waals surface area contributed by atoms with Crippen LogP contribution in [0.2, 0.25) is 30.1 Å². The number of ether oxygens (including phenoxy) is 3. The number of hydrogen-bond donors (Lipinski definition) is 1. The fraction of sp³-hybridized carbons (Fsp3) is 0.273. The van der Waals surface area contributed by atoms with Gasteiger partial charge in [-0.2, -0.15) is 0 Å². The molecule has 0 bridgehead atoms. The van der Waals surface area contributed by atoms with Crippen LogP contribution >= 0.6 is 69.6 Å². The van der Waals surface area contributed by atoms with Gasteiger partial charge in [0.05, 0.1) is 38.3 Å². The second kappa shape index (κ2) is 27.5. The largest absolute Gasteiger partial charge is 0.489 e. The number of carbonyl (C=O) groups excluding carboxylic acids is 1. The van der Waals surface area contributed by atoms with E-state index in [1.54, 1.807) is 68.7 Å². The van der Waals surface area contributed by atoms with Gasteiger partial charge < -0.3 is 28.4 Å². The lowest BCUT2D eigenvalue weighted by molar-refractivity contribution is 0.0593. The summed E-state index contributed by atoms with van der Waals surface area (Å²) in [6.45, 7) is 3.99. The maximum absolute atomic E-state index is 11.6. The molecule has 4 saturated carbocycles. The van der Waals surface area contributed by atoms with Crippen molar-refractivity contribution in [2.24, 2.45) is 0 Å². The van der Waals surface area contributed by atoms with Crippen LogP contribution in [0.3, 0.4) is 0 Å². The molecule has 12 nitrogen and oxygen atoms in total. The van der Waals surface area contributed by atoms with Crippen LogP contribution in [0, 0.1) is 35.5 Å². The Bertz CT molecular complexity index is 3870. The van der Waals surface area contributed by atoms with Gasteiger partial charge in [0.2, 0.25) is 0 Å². The highest BCUT2D eigenvalue weighted by molar-refractivity contribution is 6.40. The fourth-order valence-electron chi connectivity index (χ4n) is 9.81. The summed E-state index contributed by atoms with van der Waals surface area (Å²) in [5.74, 6) is 18.7. The minimum absolute atomic E-state index is 0. The molecule has 8 aromatic rings. The van der Waals surface area contributed by atoms with Gasteiger partial charge >= 0.3 is 11.9 Å². The number of hydrogen-bond acceptors (Lipinski definition) is 11. The molecule has 4 aromatic carbocycles. The number of rotatable bonds is 16. The van der Waals surface area contributed by atoms with E-state index in [0.717, 1.165) is 83.4 Å². The molecule has 0 amide bonds. The first-order chi connectivity index (χ1) is 40.3.